The van der Waals surface area contributed by atoms with Gasteiger partial charge in [-0.3, -0.25) is 14.4 Å². The molecule has 1 unspecified atom stereocenters. The van der Waals surface area contributed by atoms with Crippen LogP contribution < -0.4 is 0 Å². The van der Waals surface area contributed by atoms with Gasteiger partial charge in [-0.2, -0.15) is 0 Å². The van der Waals surface area contributed by atoms with E-state index in [1.807, 2.05) is 0 Å². The van der Waals surface area contributed by atoms with E-state index >= 15 is 0 Å². The second-order valence-corrected chi connectivity index (χ2v) is 21.0. The molecule has 0 aromatic heterocycles. The molecule has 0 aliphatic rings. The van der Waals surface area contributed by atoms with Crippen LogP contribution in [0.3, 0.4) is 0 Å². The minimum absolute atomic E-state index is 0.0727. The molecule has 0 aliphatic heterocycles. The van der Waals surface area contributed by atoms with Gasteiger partial charge in [0.1, 0.15) is 13.2 Å². The van der Waals surface area contributed by atoms with E-state index in [9.17, 15) is 14.4 Å². The zero-order valence-electron chi connectivity index (χ0n) is 47.5. The van der Waals surface area contributed by atoms with Crippen molar-refractivity contribution >= 4 is 17.9 Å². The van der Waals surface area contributed by atoms with Gasteiger partial charge < -0.3 is 14.2 Å². The van der Waals surface area contributed by atoms with E-state index < -0.39 is 6.10 Å². The predicted octanol–water partition coefficient (Wildman–Crippen LogP) is 21.0. The molecule has 0 radical (unpaired) electrons. The first-order valence-electron chi connectivity index (χ1n) is 31.1. The highest BCUT2D eigenvalue weighted by Crippen LogP contribution is 2.17. The topological polar surface area (TPSA) is 78.9 Å². The summed E-state index contributed by atoms with van der Waals surface area (Å²) in [5.41, 5.74) is 0. The van der Waals surface area contributed by atoms with Gasteiger partial charge in [-0.25, -0.2) is 0 Å². The average molecular weight is 996 g/mol. The van der Waals surface area contributed by atoms with E-state index in [1.165, 1.54) is 199 Å². The lowest BCUT2D eigenvalue weighted by molar-refractivity contribution is -0.167. The third-order valence-corrected chi connectivity index (χ3v) is 13.8. The van der Waals surface area contributed by atoms with Gasteiger partial charge in [-0.1, -0.05) is 301 Å². The number of esters is 3. The Bertz CT molecular complexity index is 1230. The lowest BCUT2D eigenvalue weighted by Crippen LogP contribution is -2.30. The van der Waals surface area contributed by atoms with Crippen LogP contribution in [-0.4, -0.2) is 37.2 Å². The molecule has 0 saturated heterocycles. The minimum Gasteiger partial charge on any atom is -0.462 e. The van der Waals surface area contributed by atoms with E-state index in [-0.39, 0.29) is 31.1 Å². The Hall–Kier alpha value is -2.63. The summed E-state index contributed by atoms with van der Waals surface area (Å²) in [6, 6.07) is 0. The summed E-state index contributed by atoms with van der Waals surface area (Å²) in [6.07, 6.45) is 73.9. The van der Waals surface area contributed by atoms with Crippen molar-refractivity contribution in [1.29, 1.82) is 0 Å². The lowest BCUT2D eigenvalue weighted by Gasteiger charge is -2.18. The van der Waals surface area contributed by atoms with Crippen molar-refractivity contribution in [3.05, 3.63) is 48.6 Å². The zero-order valence-corrected chi connectivity index (χ0v) is 47.5. The molecule has 0 spiro atoms. The van der Waals surface area contributed by atoms with Gasteiger partial charge in [0.2, 0.25) is 0 Å². The summed E-state index contributed by atoms with van der Waals surface area (Å²) in [7, 11) is 0. The SMILES string of the molecule is CC/C=C\C/C=C\C/C=C\C/C=C\CCCCCCCCC(=O)OCC(COC(=O)CCCCCCCCCCCCCCCCCC)OC(=O)CCCCCCCCCCCCCCCCCCCC. The molecular weight excluding hydrogens is 877 g/mol. The average Bonchev–Trinajstić information content (AvgIpc) is 3.37. The Morgan fingerprint density at radius 1 is 0.296 bits per heavy atom. The van der Waals surface area contributed by atoms with Gasteiger partial charge in [-0.15, -0.1) is 0 Å². The van der Waals surface area contributed by atoms with Gasteiger partial charge in [0.25, 0.3) is 0 Å². The first-order chi connectivity index (χ1) is 35.0. The monoisotopic (exact) mass is 995 g/mol. The normalized spacial score (nSPS) is 12.3. The molecule has 0 N–H and O–H groups in total. The summed E-state index contributed by atoms with van der Waals surface area (Å²) in [5.74, 6) is -0.864. The van der Waals surface area contributed by atoms with E-state index in [0.29, 0.717) is 19.3 Å². The summed E-state index contributed by atoms with van der Waals surface area (Å²) in [4.78, 5) is 38.3. The van der Waals surface area contributed by atoms with Crippen LogP contribution in [0.5, 0.6) is 0 Å². The highest BCUT2D eigenvalue weighted by atomic mass is 16.6. The second kappa shape index (κ2) is 59.9. The summed E-state index contributed by atoms with van der Waals surface area (Å²) < 4.78 is 16.9. The molecule has 0 fully saturated rings. The molecule has 0 aromatic rings. The van der Waals surface area contributed by atoms with Crippen molar-refractivity contribution in [2.45, 2.75) is 335 Å². The third-order valence-electron chi connectivity index (χ3n) is 13.8. The summed E-state index contributed by atoms with van der Waals surface area (Å²) in [5, 5.41) is 0. The van der Waals surface area contributed by atoms with E-state index in [0.717, 1.165) is 89.9 Å². The fourth-order valence-electron chi connectivity index (χ4n) is 9.20. The smallest absolute Gasteiger partial charge is 0.306 e. The number of hydrogen-bond acceptors (Lipinski definition) is 6. The fourth-order valence-corrected chi connectivity index (χ4v) is 9.20. The van der Waals surface area contributed by atoms with Crippen molar-refractivity contribution < 1.29 is 28.6 Å². The Morgan fingerprint density at radius 2 is 0.549 bits per heavy atom. The van der Waals surface area contributed by atoms with Crippen molar-refractivity contribution in [2.24, 2.45) is 0 Å². The number of ether oxygens (including phenoxy) is 3. The fraction of sp³-hybridized carbons (Fsp3) is 0.831. The van der Waals surface area contributed by atoms with Gasteiger partial charge in [0.05, 0.1) is 0 Å². The van der Waals surface area contributed by atoms with Crippen LogP contribution in [0.15, 0.2) is 48.6 Å². The van der Waals surface area contributed by atoms with Crippen molar-refractivity contribution in [1.82, 2.24) is 0 Å². The van der Waals surface area contributed by atoms with Crippen molar-refractivity contribution in [2.75, 3.05) is 13.2 Å². The number of carbonyl (C=O) groups is 3. The van der Waals surface area contributed by atoms with Crippen LogP contribution in [0.1, 0.15) is 329 Å². The number of carbonyl (C=O) groups excluding carboxylic acids is 3. The first kappa shape index (κ1) is 68.4. The molecule has 71 heavy (non-hydrogen) atoms. The summed E-state index contributed by atoms with van der Waals surface area (Å²) >= 11 is 0. The zero-order chi connectivity index (χ0) is 51.4. The van der Waals surface area contributed by atoms with Crippen molar-refractivity contribution in [3.8, 4) is 0 Å². The molecule has 6 nitrogen and oxygen atoms in total. The Morgan fingerprint density at radius 3 is 0.859 bits per heavy atom. The molecule has 0 aliphatic carbocycles. The van der Waals surface area contributed by atoms with Gasteiger partial charge in [0, 0.05) is 19.3 Å². The van der Waals surface area contributed by atoms with E-state index in [4.69, 9.17) is 14.2 Å². The molecule has 414 valence electrons. The first-order valence-corrected chi connectivity index (χ1v) is 31.1. The molecule has 0 heterocycles. The maximum Gasteiger partial charge on any atom is 0.306 e. The Labute approximate surface area is 441 Å². The lowest BCUT2D eigenvalue weighted by atomic mass is 10.0. The molecular formula is C65H118O6. The maximum atomic E-state index is 12.9. The standard InChI is InChI=1S/C65H118O6/c1-4-7-10-13-16-19-22-25-28-31-33-35-37-40-43-46-49-52-55-58-64(67)70-61-62(60-69-63(66)57-54-51-48-45-42-39-36-30-27-24-21-18-15-12-9-6-3)71-65(68)59-56-53-50-47-44-41-38-34-32-29-26-23-20-17-14-11-8-5-2/h7,10,16,19,25,28,33,35,62H,4-6,8-9,11-15,17-18,20-24,26-27,29-32,34,36-61H2,1-3H3/b10-7-,19-16-,28-25-,35-33-. The predicted molar refractivity (Wildman–Crippen MR) is 307 cm³/mol. The van der Waals surface area contributed by atoms with Crippen LogP contribution in [0.2, 0.25) is 0 Å². The largest absolute Gasteiger partial charge is 0.462 e. The van der Waals surface area contributed by atoms with Gasteiger partial charge in [-0.05, 0) is 57.8 Å². The van der Waals surface area contributed by atoms with Gasteiger partial charge >= 0.3 is 17.9 Å². The maximum absolute atomic E-state index is 12.9. The van der Waals surface area contributed by atoms with Gasteiger partial charge in [0.15, 0.2) is 6.10 Å². The molecule has 1 atom stereocenters. The van der Waals surface area contributed by atoms with Crippen LogP contribution in [0, 0.1) is 0 Å². The minimum atomic E-state index is -0.776. The van der Waals surface area contributed by atoms with E-state index in [1.54, 1.807) is 0 Å². The van der Waals surface area contributed by atoms with Crippen LogP contribution >= 0.6 is 0 Å². The highest BCUT2D eigenvalue weighted by molar-refractivity contribution is 5.71. The van der Waals surface area contributed by atoms with Crippen LogP contribution in [0.25, 0.3) is 0 Å². The number of hydrogen-bond donors (Lipinski definition) is 0. The number of allylic oxidation sites excluding steroid dienone is 8. The van der Waals surface area contributed by atoms with E-state index in [2.05, 4.69) is 69.4 Å². The molecule has 0 saturated carbocycles. The summed E-state index contributed by atoms with van der Waals surface area (Å²) in [6.45, 7) is 6.57. The molecule has 0 rings (SSSR count). The number of unbranched alkanes of at least 4 members (excludes halogenated alkanes) is 38. The second-order valence-electron chi connectivity index (χ2n) is 21.0. The highest BCUT2D eigenvalue weighted by Gasteiger charge is 2.19. The molecule has 6 heteroatoms. The molecule has 0 aromatic carbocycles. The molecule has 0 amide bonds. The third kappa shape index (κ3) is 58.1. The Kier molecular flexibility index (Phi) is 57.7. The van der Waals surface area contributed by atoms with Crippen molar-refractivity contribution in [3.63, 3.8) is 0 Å². The Balaban J connectivity index is 4.36. The molecule has 0 bridgehead atoms. The number of rotatable bonds is 57. The van der Waals surface area contributed by atoms with Crippen LogP contribution in [0.4, 0.5) is 0 Å². The van der Waals surface area contributed by atoms with Crippen LogP contribution in [-0.2, 0) is 28.6 Å². The quantitative estimate of drug-likeness (QED) is 0.0261.